The first kappa shape index (κ1) is 21.4. The highest BCUT2D eigenvalue weighted by atomic mass is 32.2. The maximum absolute atomic E-state index is 12.8. The molecule has 2 aromatic carbocycles. The number of anilines is 1. The number of halogens is 1. The molecule has 6 nitrogen and oxygen atoms in total. The molecule has 0 saturated carbocycles. The summed E-state index contributed by atoms with van der Waals surface area (Å²) in [6, 6.07) is 11.8. The quantitative estimate of drug-likeness (QED) is 0.509. The lowest BCUT2D eigenvalue weighted by atomic mass is 10.1. The number of methoxy groups -OCH3 is 1. The van der Waals surface area contributed by atoms with Crippen molar-refractivity contribution in [3.8, 4) is 5.75 Å². The summed E-state index contributed by atoms with van der Waals surface area (Å²) in [6.45, 7) is 1.22. The number of esters is 1. The number of carbonyl (C=O) groups is 3. The lowest BCUT2D eigenvalue weighted by molar-refractivity contribution is -0.141. The Hall–Kier alpha value is -2.87. The molecule has 1 N–H and O–H groups in total. The second kappa shape index (κ2) is 10.5. The van der Waals surface area contributed by atoms with Crippen molar-refractivity contribution in [2.45, 2.75) is 12.2 Å². The van der Waals surface area contributed by atoms with Crippen LogP contribution in [0.5, 0.6) is 5.75 Å². The number of ether oxygens (including phenoxy) is 2. The second-order valence-electron chi connectivity index (χ2n) is 5.77. The summed E-state index contributed by atoms with van der Waals surface area (Å²) < 4.78 is 22.9. The van der Waals surface area contributed by atoms with Gasteiger partial charge in [0, 0.05) is 11.3 Å². The predicted molar refractivity (Wildman–Crippen MR) is 105 cm³/mol. The fourth-order valence-electron chi connectivity index (χ4n) is 2.11. The smallest absolute Gasteiger partial charge is 0.319 e. The fourth-order valence-corrected chi connectivity index (χ4v) is 2.79. The van der Waals surface area contributed by atoms with Gasteiger partial charge >= 0.3 is 5.97 Å². The summed E-state index contributed by atoms with van der Waals surface area (Å²) in [4.78, 5) is 35.9. The maximum atomic E-state index is 12.8. The number of hydrogen-bond donors (Lipinski definition) is 1. The summed E-state index contributed by atoms with van der Waals surface area (Å²) in [5.74, 6) is -1.00. The highest BCUT2D eigenvalue weighted by molar-refractivity contribution is 8.01. The van der Waals surface area contributed by atoms with Crippen molar-refractivity contribution in [1.29, 1.82) is 0 Å². The van der Waals surface area contributed by atoms with E-state index >= 15 is 0 Å². The van der Waals surface area contributed by atoms with Crippen molar-refractivity contribution >= 4 is 35.1 Å². The molecule has 0 aromatic heterocycles. The number of ketones is 1. The number of Topliss-reactive ketones (excluding diaryl/α,β-unsaturated/α-hetero) is 1. The van der Waals surface area contributed by atoms with Gasteiger partial charge in [0.1, 0.15) is 16.8 Å². The third-order valence-electron chi connectivity index (χ3n) is 3.68. The van der Waals surface area contributed by atoms with Crippen LogP contribution in [0.15, 0.2) is 48.5 Å². The van der Waals surface area contributed by atoms with Crippen LogP contribution in [-0.4, -0.2) is 42.4 Å². The van der Waals surface area contributed by atoms with Gasteiger partial charge in [-0.25, -0.2) is 4.39 Å². The van der Waals surface area contributed by atoms with E-state index < -0.39 is 17.0 Å². The molecule has 0 aliphatic heterocycles. The minimum atomic E-state index is -0.623. The minimum absolute atomic E-state index is 0.0140. The molecule has 2 rings (SSSR count). The number of thioether (sulfide) groups is 1. The predicted octanol–water partition coefficient (Wildman–Crippen LogP) is 3.32. The zero-order chi connectivity index (χ0) is 20.5. The Balaban J connectivity index is 1.73. The largest absolute Gasteiger partial charge is 0.497 e. The Labute approximate surface area is 166 Å². The van der Waals surface area contributed by atoms with E-state index in [1.807, 2.05) is 0 Å². The molecule has 0 spiro atoms. The maximum Gasteiger partial charge on any atom is 0.319 e. The lowest BCUT2D eigenvalue weighted by Crippen LogP contribution is -2.23. The zero-order valence-electron chi connectivity index (χ0n) is 15.4. The Morgan fingerprint density at radius 1 is 1.07 bits per heavy atom. The average molecular weight is 405 g/mol. The van der Waals surface area contributed by atoms with Crippen LogP contribution in [0.25, 0.3) is 0 Å². The molecule has 0 bridgehead atoms. The van der Waals surface area contributed by atoms with Crippen LogP contribution in [0.3, 0.4) is 0 Å². The normalized spacial score (nSPS) is 11.4. The topological polar surface area (TPSA) is 81.7 Å². The minimum Gasteiger partial charge on any atom is -0.497 e. The molecular formula is C20H20FNO5S. The number of rotatable bonds is 9. The van der Waals surface area contributed by atoms with Crippen LogP contribution in [0.2, 0.25) is 0 Å². The van der Waals surface area contributed by atoms with Crippen molar-refractivity contribution in [3.05, 3.63) is 59.9 Å². The van der Waals surface area contributed by atoms with Crippen LogP contribution in [0.1, 0.15) is 17.3 Å². The summed E-state index contributed by atoms with van der Waals surface area (Å²) in [5, 5.41) is 1.98. The van der Waals surface area contributed by atoms with Crippen molar-refractivity contribution in [1.82, 2.24) is 0 Å². The summed E-state index contributed by atoms with van der Waals surface area (Å²) in [6.07, 6.45) is 0. The van der Waals surface area contributed by atoms with Crippen LogP contribution >= 0.6 is 11.8 Å². The number of hydrogen-bond acceptors (Lipinski definition) is 6. The van der Waals surface area contributed by atoms with Gasteiger partial charge < -0.3 is 14.8 Å². The van der Waals surface area contributed by atoms with Gasteiger partial charge in [-0.3, -0.25) is 14.4 Å². The molecule has 0 fully saturated rings. The molecule has 2 aromatic rings. The molecule has 0 radical (unpaired) electrons. The monoisotopic (exact) mass is 405 g/mol. The Bertz CT molecular complexity index is 823. The van der Waals surface area contributed by atoms with E-state index in [0.29, 0.717) is 17.0 Å². The standard InChI is InChI=1S/C20H20FNO5S/c1-13(28-12-19(24)22-16-7-5-15(21)6-8-16)20(25)27-11-18(23)14-3-9-17(26-2)10-4-14/h3-10,13H,11-12H2,1-2H3,(H,22,24)/t13-/m1/s1. The molecule has 148 valence electrons. The number of benzene rings is 2. The Kier molecular flexibility index (Phi) is 8.01. The first-order valence-corrected chi connectivity index (χ1v) is 9.45. The van der Waals surface area contributed by atoms with Crippen LogP contribution in [0.4, 0.5) is 10.1 Å². The van der Waals surface area contributed by atoms with Crippen molar-refractivity contribution < 1.29 is 28.2 Å². The van der Waals surface area contributed by atoms with E-state index in [9.17, 15) is 18.8 Å². The van der Waals surface area contributed by atoms with Crippen LogP contribution in [0, 0.1) is 5.82 Å². The molecule has 8 heteroatoms. The molecule has 0 unspecified atom stereocenters. The first-order chi connectivity index (χ1) is 13.4. The van der Waals surface area contributed by atoms with Gasteiger partial charge in [-0.15, -0.1) is 11.8 Å². The van der Waals surface area contributed by atoms with E-state index in [1.165, 1.54) is 31.4 Å². The van der Waals surface area contributed by atoms with Gasteiger partial charge in [-0.05, 0) is 55.5 Å². The third kappa shape index (κ3) is 6.70. The Morgan fingerprint density at radius 2 is 1.71 bits per heavy atom. The van der Waals surface area contributed by atoms with Gasteiger partial charge in [0.25, 0.3) is 0 Å². The fraction of sp³-hybridized carbons (Fsp3) is 0.250. The molecule has 0 heterocycles. The van der Waals surface area contributed by atoms with Crippen LogP contribution in [-0.2, 0) is 14.3 Å². The lowest BCUT2D eigenvalue weighted by Gasteiger charge is -2.11. The van der Waals surface area contributed by atoms with Crippen LogP contribution < -0.4 is 10.1 Å². The Morgan fingerprint density at radius 3 is 2.32 bits per heavy atom. The summed E-state index contributed by atoms with van der Waals surface area (Å²) >= 11 is 1.08. The van der Waals surface area contributed by atoms with E-state index in [-0.39, 0.29) is 24.1 Å². The van der Waals surface area contributed by atoms with Gasteiger partial charge in [0.15, 0.2) is 12.4 Å². The number of carbonyl (C=O) groups excluding carboxylic acids is 3. The average Bonchev–Trinajstić information content (AvgIpc) is 2.71. The van der Waals surface area contributed by atoms with Gasteiger partial charge in [-0.1, -0.05) is 0 Å². The zero-order valence-corrected chi connectivity index (χ0v) is 16.3. The SMILES string of the molecule is COc1ccc(C(=O)COC(=O)[C@@H](C)SCC(=O)Nc2ccc(F)cc2)cc1. The van der Waals surface area contributed by atoms with E-state index in [0.717, 1.165) is 11.8 Å². The highest BCUT2D eigenvalue weighted by Gasteiger charge is 2.18. The summed E-state index contributed by atoms with van der Waals surface area (Å²) in [5.41, 5.74) is 0.875. The highest BCUT2D eigenvalue weighted by Crippen LogP contribution is 2.15. The van der Waals surface area contributed by atoms with Crippen molar-refractivity contribution in [2.24, 2.45) is 0 Å². The summed E-state index contributed by atoms with van der Waals surface area (Å²) in [7, 11) is 1.53. The van der Waals surface area contributed by atoms with E-state index in [4.69, 9.17) is 9.47 Å². The van der Waals surface area contributed by atoms with Gasteiger partial charge in [-0.2, -0.15) is 0 Å². The van der Waals surface area contributed by atoms with E-state index in [2.05, 4.69) is 5.32 Å². The second-order valence-corrected chi connectivity index (χ2v) is 7.10. The molecule has 1 atom stereocenters. The molecule has 1 amide bonds. The molecule has 28 heavy (non-hydrogen) atoms. The number of amides is 1. The number of nitrogens with one attached hydrogen (secondary N) is 1. The van der Waals surface area contributed by atoms with E-state index in [1.54, 1.807) is 31.2 Å². The van der Waals surface area contributed by atoms with Gasteiger partial charge in [0.05, 0.1) is 12.9 Å². The van der Waals surface area contributed by atoms with Crippen molar-refractivity contribution in [3.63, 3.8) is 0 Å². The van der Waals surface area contributed by atoms with Gasteiger partial charge in [0.2, 0.25) is 5.91 Å². The molecular weight excluding hydrogens is 385 g/mol. The van der Waals surface area contributed by atoms with Crippen molar-refractivity contribution in [2.75, 3.05) is 24.8 Å². The third-order valence-corrected chi connectivity index (χ3v) is 4.80. The molecule has 0 aliphatic rings. The first-order valence-electron chi connectivity index (χ1n) is 8.40. The molecule has 0 saturated heterocycles. The molecule has 0 aliphatic carbocycles.